The van der Waals surface area contributed by atoms with Crippen molar-refractivity contribution in [3.05, 3.63) is 35.6 Å². The van der Waals surface area contributed by atoms with Crippen LogP contribution in [-0.4, -0.2) is 37.4 Å². The van der Waals surface area contributed by atoms with Gasteiger partial charge in [0.05, 0.1) is 19.6 Å². The molecular formula is C13H18FNO3. The van der Waals surface area contributed by atoms with Crippen molar-refractivity contribution in [1.29, 1.82) is 0 Å². The third-order valence-electron chi connectivity index (χ3n) is 2.54. The monoisotopic (exact) mass is 255 g/mol. The smallest absolute Gasteiger partial charge is 0.308 e. The fourth-order valence-electron chi connectivity index (χ4n) is 1.54. The van der Waals surface area contributed by atoms with E-state index in [9.17, 15) is 14.3 Å². The molecule has 0 aliphatic rings. The maximum atomic E-state index is 13.3. The number of carbonyl (C=O) groups is 1. The standard InChI is InChI=1S/C13H18FNO3/c1-18-13(17)8-11(16)9-15-7-6-10-4-2-3-5-12(10)14/h2-5,11,15-16H,6-9H2,1H3. The molecule has 1 aromatic carbocycles. The van der Waals surface area contributed by atoms with Crippen molar-refractivity contribution < 1.29 is 19.0 Å². The average molecular weight is 255 g/mol. The number of rotatable bonds is 7. The zero-order chi connectivity index (χ0) is 13.4. The van der Waals surface area contributed by atoms with Gasteiger partial charge in [-0.05, 0) is 24.6 Å². The largest absolute Gasteiger partial charge is 0.469 e. The quantitative estimate of drug-likeness (QED) is 0.561. The Hall–Kier alpha value is -1.46. The molecule has 0 saturated carbocycles. The zero-order valence-electron chi connectivity index (χ0n) is 10.4. The lowest BCUT2D eigenvalue weighted by Crippen LogP contribution is -2.30. The Morgan fingerprint density at radius 1 is 1.50 bits per heavy atom. The Bertz CT molecular complexity index is 384. The third-order valence-corrected chi connectivity index (χ3v) is 2.54. The fraction of sp³-hybridized carbons (Fsp3) is 0.462. The number of ether oxygens (including phenoxy) is 1. The number of methoxy groups -OCH3 is 1. The van der Waals surface area contributed by atoms with Gasteiger partial charge in [0.25, 0.3) is 0 Å². The first kappa shape index (κ1) is 14.6. The van der Waals surface area contributed by atoms with E-state index in [4.69, 9.17) is 0 Å². The Kier molecular flexibility index (Phi) is 6.32. The van der Waals surface area contributed by atoms with E-state index in [-0.39, 0.29) is 18.8 Å². The van der Waals surface area contributed by atoms with Crippen LogP contribution in [0.3, 0.4) is 0 Å². The first-order valence-corrected chi connectivity index (χ1v) is 5.82. The topological polar surface area (TPSA) is 58.6 Å². The minimum atomic E-state index is -0.780. The minimum Gasteiger partial charge on any atom is -0.469 e. The van der Waals surface area contributed by atoms with Gasteiger partial charge in [0.1, 0.15) is 5.82 Å². The van der Waals surface area contributed by atoms with Crippen LogP contribution in [0.4, 0.5) is 4.39 Å². The van der Waals surface area contributed by atoms with Crippen LogP contribution in [0.1, 0.15) is 12.0 Å². The molecule has 0 heterocycles. The predicted molar refractivity (Wildman–Crippen MR) is 65.6 cm³/mol. The summed E-state index contributed by atoms with van der Waals surface area (Å²) >= 11 is 0. The minimum absolute atomic E-state index is 0.0385. The first-order chi connectivity index (χ1) is 8.63. The van der Waals surface area contributed by atoms with Crippen LogP contribution in [0.25, 0.3) is 0 Å². The number of esters is 1. The van der Waals surface area contributed by atoms with Crippen molar-refractivity contribution in [2.45, 2.75) is 18.9 Å². The first-order valence-electron chi connectivity index (χ1n) is 5.82. The van der Waals surface area contributed by atoms with Crippen LogP contribution in [-0.2, 0) is 16.0 Å². The molecule has 1 unspecified atom stereocenters. The summed E-state index contributed by atoms with van der Waals surface area (Å²) in [4.78, 5) is 10.9. The Morgan fingerprint density at radius 3 is 2.89 bits per heavy atom. The number of hydrogen-bond acceptors (Lipinski definition) is 4. The van der Waals surface area contributed by atoms with Crippen molar-refractivity contribution in [1.82, 2.24) is 5.32 Å². The van der Waals surface area contributed by atoms with Crippen LogP contribution < -0.4 is 5.32 Å². The lowest BCUT2D eigenvalue weighted by Gasteiger charge is -2.10. The van der Waals surface area contributed by atoms with Crippen molar-refractivity contribution in [2.24, 2.45) is 0 Å². The van der Waals surface area contributed by atoms with Gasteiger partial charge in [-0.25, -0.2) is 4.39 Å². The molecular weight excluding hydrogens is 237 g/mol. The lowest BCUT2D eigenvalue weighted by atomic mass is 10.1. The van der Waals surface area contributed by atoms with Crippen LogP contribution in [0, 0.1) is 5.82 Å². The SMILES string of the molecule is COC(=O)CC(O)CNCCc1ccccc1F. The highest BCUT2D eigenvalue weighted by atomic mass is 19.1. The van der Waals surface area contributed by atoms with Crippen molar-refractivity contribution in [2.75, 3.05) is 20.2 Å². The van der Waals surface area contributed by atoms with E-state index < -0.39 is 12.1 Å². The van der Waals surface area contributed by atoms with Crippen LogP contribution in [0.2, 0.25) is 0 Å². The van der Waals surface area contributed by atoms with Gasteiger partial charge in [-0.1, -0.05) is 18.2 Å². The molecule has 0 aliphatic heterocycles. The van der Waals surface area contributed by atoms with Crippen molar-refractivity contribution in [3.8, 4) is 0 Å². The maximum absolute atomic E-state index is 13.3. The lowest BCUT2D eigenvalue weighted by molar-refractivity contribution is -0.142. The third kappa shape index (κ3) is 5.25. The second-order valence-corrected chi connectivity index (χ2v) is 3.98. The molecule has 4 nitrogen and oxygen atoms in total. The fourth-order valence-corrected chi connectivity index (χ4v) is 1.54. The second kappa shape index (κ2) is 7.79. The van der Waals surface area contributed by atoms with Crippen molar-refractivity contribution in [3.63, 3.8) is 0 Å². The van der Waals surface area contributed by atoms with E-state index in [1.54, 1.807) is 18.2 Å². The van der Waals surface area contributed by atoms with E-state index in [0.717, 1.165) is 0 Å². The van der Waals surface area contributed by atoms with Gasteiger partial charge < -0.3 is 15.2 Å². The Labute approximate surface area is 106 Å². The molecule has 2 N–H and O–H groups in total. The number of nitrogens with one attached hydrogen (secondary N) is 1. The van der Waals surface area contributed by atoms with E-state index >= 15 is 0 Å². The number of carbonyl (C=O) groups excluding carboxylic acids is 1. The molecule has 0 bridgehead atoms. The molecule has 1 rings (SSSR count). The molecule has 100 valence electrons. The summed E-state index contributed by atoms with van der Waals surface area (Å²) in [5.41, 5.74) is 0.632. The maximum Gasteiger partial charge on any atom is 0.308 e. The Balaban J connectivity index is 2.19. The number of aliphatic hydroxyl groups excluding tert-OH is 1. The van der Waals surface area contributed by atoms with Crippen LogP contribution >= 0.6 is 0 Å². The van der Waals surface area contributed by atoms with Crippen LogP contribution in [0.5, 0.6) is 0 Å². The molecule has 0 spiro atoms. The molecule has 18 heavy (non-hydrogen) atoms. The molecule has 0 aromatic heterocycles. The summed E-state index contributed by atoms with van der Waals surface area (Å²) < 4.78 is 17.7. The van der Waals surface area contributed by atoms with Gasteiger partial charge in [0.15, 0.2) is 0 Å². The number of benzene rings is 1. The summed E-state index contributed by atoms with van der Waals surface area (Å²) in [6, 6.07) is 6.57. The van der Waals surface area contributed by atoms with Crippen LogP contribution in [0.15, 0.2) is 24.3 Å². The van der Waals surface area contributed by atoms with Gasteiger partial charge >= 0.3 is 5.97 Å². The highest BCUT2D eigenvalue weighted by Gasteiger charge is 2.10. The highest BCUT2D eigenvalue weighted by Crippen LogP contribution is 2.06. The van der Waals surface area contributed by atoms with Crippen molar-refractivity contribution >= 4 is 5.97 Å². The Morgan fingerprint density at radius 2 is 2.22 bits per heavy atom. The molecule has 5 heteroatoms. The molecule has 0 radical (unpaired) electrons. The van der Waals surface area contributed by atoms with Gasteiger partial charge in [0, 0.05) is 6.54 Å². The number of halogens is 1. The summed E-state index contributed by atoms with van der Waals surface area (Å²) in [5, 5.41) is 12.4. The normalized spacial score (nSPS) is 12.2. The molecule has 0 saturated heterocycles. The summed E-state index contributed by atoms with van der Waals surface area (Å²) in [6.07, 6.45) is -0.279. The van der Waals surface area contributed by atoms with E-state index in [1.165, 1.54) is 13.2 Å². The predicted octanol–water partition coefficient (Wildman–Crippen LogP) is 0.882. The van der Waals surface area contributed by atoms with E-state index in [1.807, 2.05) is 0 Å². The van der Waals surface area contributed by atoms with Gasteiger partial charge in [-0.2, -0.15) is 0 Å². The summed E-state index contributed by atoms with van der Waals surface area (Å²) in [5.74, 6) is -0.673. The zero-order valence-corrected chi connectivity index (χ0v) is 10.4. The summed E-state index contributed by atoms with van der Waals surface area (Å²) in [7, 11) is 1.28. The molecule has 0 fully saturated rings. The second-order valence-electron chi connectivity index (χ2n) is 3.98. The molecule has 1 aromatic rings. The molecule has 0 aliphatic carbocycles. The van der Waals surface area contributed by atoms with Gasteiger partial charge in [0.2, 0.25) is 0 Å². The molecule has 1 atom stereocenters. The summed E-state index contributed by atoms with van der Waals surface area (Å²) in [6.45, 7) is 0.822. The number of hydrogen-bond donors (Lipinski definition) is 2. The van der Waals surface area contributed by atoms with E-state index in [2.05, 4.69) is 10.1 Å². The van der Waals surface area contributed by atoms with Gasteiger partial charge in [-0.15, -0.1) is 0 Å². The van der Waals surface area contributed by atoms with E-state index in [0.29, 0.717) is 18.5 Å². The number of aliphatic hydroxyl groups is 1. The van der Waals surface area contributed by atoms with Gasteiger partial charge in [-0.3, -0.25) is 4.79 Å². The highest BCUT2D eigenvalue weighted by molar-refractivity contribution is 5.69. The average Bonchev–Trinajstić information content (AvgIpc) is 2.36. The molecule has 0 amide bonds.